The van der Waals surface area contributed by atoms with Crippen molar-refractivity contribution in [3.05, 3.63) is 15.8 Å². The minimum Gasteiger partial charge on any atom is -0.316 e. The van der Waals surface area contributed by atoms with Crippen molar-refractivity contribution in [2.75, 3.05) is 26.2 Å². The molecule has 1 N–H and O–H groups in total. The summed E-state index contributed by atoms with van der Waals surface area (Å²) in [6, 6.07) is 1.81. The normalized spacial score (nSPS) is 27.1. The third kappa shape index (κ3) is 2.76. The zero-order valence-corrected chi connectivity index (χ0v) is 14.2. The molecule has 0 saturated carbocycles. The lowest BCUT2D eigenvalue weighted by Crippen LogP contribution is -2.43. The van der Waals surface area contributed by atoms with Crippen molar-refractivity contribution in [2.45, 2.75) is 25.2 Å². The number of halogens is 1. The monoisotopic (exact) mass is 336 g/mol. The fourth-order valence-electron chi connectivity index (χ4n) is 3.22. The number of nitrogens with one attached hydrogen (secondary N) is 1. The van der Waals surface area contributed by atoms with E-state index in [0.29, 0.717) is 29.8 Å². The van der Waals surface area contributed by atoms with Gasteiger partial charge in [-0.2, -0.15) is 4.31 Å². The lowest BCUT2D eigenvalue weighted by molar-refractivity contribution is 0.228. The van der Waals surface area contributed by atoms with Crippen molar-refractivity contribution in [1.29, 1.82) is 0 Å². The van der Waals surface area contributed by atoms with Crippen LogP contribution in [0.5, 0.6) is 0 Å². The third-order valence-electron chi connectivity index (χ3n) is 4.28. The molecule has 0 aromatic carbocycles. The largest absolute Gasteiger partial charge is 0.316 e. The van der Waals surface area contributed by atoms with Crippen LogP contribution in [0.25, 0.3) is 0 Å². The van der Waals surface area contributed by atoms with E-state index in [4.69, 9.17) is 0 Å². The number of sulfonamides is 1. The molecule has 4 nitrogen and oxygen atoms in total. The SMILES string of the molecule is Cc1cc(S(=O)(=O)N2CCC3CNCC3C2)c(C)s1.Cl. The Morgan fingerprint density at radius 2 is 2.00 bits per heavy atom. The van der Waals surface area contributed by atoms with Gasteiger partial charge >= 0.3 is 0 Å². The fraction of sp³-hybridized carbons (Fsp3) is 0.692. The molecule has 2 unspecified atom stereocenters. The van der Waals surface area contributed by atoms with Gasteiger partial charge in [-0.3, -0.25) is 0 Å². The first-order valence-electron chi connectivity index (χ1n) is 6.76. The highest BCUT2D eigenvalue weighted by atomic mass is 35.5. The Bertz CT molecular complexity index is 585. The summed E-state index contributed by atoms with van der Waals surface area (Å²) >= 11 is 1.56. The van der Waals surface area contributed by atoms with Crippen molar-refractivity contribution in [2.24, 2.45) is 11.8 Å². The highest BCUT2D eigenvalue weighted by molar-refractivity contribution is 7.89. The Morgan fingerprint density at radius 1 is 1.30 bits per heavy atom. The van der Waals surface area contributed by atoms with Crippen LogP contribution >= 0.6 is 23.7 Å². The molecule has 3 rings (SSSR count). The first kappa shape index (κ1) is 16.2. The van der Waals surface area contributed by atoms with Gasteiger partial charge in [-0.1, -0.05) is 0 Å². The van der Waals surface area contributed by atoms with Gasteiger partial charge < -0.3 is 5.32 Å². The van der Waals surface area contributed by atoms with Gasteiger partial charge in [0.05, 0.1) is 4.90 Å². The van der Waals surface area contributed by atoms with Gasteiger partial charge in [0.25, 0.3) is 0 Å². The lowest BCUT2D eigenvalue weighted by Gasteiger charge is -2.33. The van der Waals surface area contributed by atoms with Gasteiger partial charge in [-0.05, 0) is 51.3 Å². The summed E-state index contributed by atoms with van der Waals surface area (Å²) < 4.78 is 27.1. The Morgan fingerprint density at radius 3 is 2.65 bits per heavy atom. The summed E-state index contributed by atoms with van der Waals surface area (Å²) in [5.74, 6) is 1.15. The second-order valence-corrected chi connectivity index (χ2v) is 8.97. The molecule has 2 aliphatic heterocycles. The summed E-state index contributed by atoms with van der Waals surface area (Å²) in [7, 11) is -3.29. The maximum atomic E-state index is 12.7. The van der Waals surface area contributed by atoms with Crippen LogP contribution < -0.4 is 5.32 Å². The van der Waals surface area contributed by atoms with Gasteiger partial charge in [-0.15, -0.1) is 23.7 Å². The van der Waals surface area contributed by atoms with E-state index in [1.807, 2.05) is 19.9 Å². The number of fused-ring (bicyclic) bond motifs is 1. The molecule has 1 aromatic heterocycles. The molecule has 114 valence electrons. The Labute approximate surface area is 131 Å². The van der Waals surface area contributed by atoms with Crippen molar-refractivity contribution < 1.29 is 8.42 Å². The molecule has 0 amide bonds. The zero-order chi connectivity index (χ0) is 13.6. The Kier molecular flexibility index (Phi) is 4.81. The van der Waals surface area contributed by atoms with E-state index in [2.05, 4.69) is 5.32 Å². The van der Waals surface area contributed by atoms with Crippen LogP contribution in [0.2, 0.25) is 0 Å². The highest BCUT2D eigenvalue weighted by Gasteiger charge is 2.38. The molecule has 2 atom stereocenters. The minimum atomic E-state index is -3.29. The maximum absolute atomic E-state index is 12.7. The number of piperidine rings is 1. The average molecular weight is 337 g/mol. The molecule has 2 saturated heterocycles. The third-order valence-corrected chi connectivity index (χ3v) is 7.37. The summed E-state index contributed by atoms with van der Waals surface area (Å²) in [5, 5.41) is 3.37. The molecular weight excluding hydrogens is 316 g/mol. The van der Waals surface area contributed by atoms with Crippen molar-refractivity contribution in [3.8, 4) is 0 Å². The number of hydrogen-bond acceptors (Lipinski definition) is 4. The lowest BCUT2D eigenvalue weighted by atomic mass is 9.90. The van der Waals surface area contributed by atoms with E-state index in [1.165, 1.54) is 0 Å². The molecule has 20 heavy (non-hydrogen) atoms. The Hall–Kier alpha value is -0.140. The van der Waals surface area contributed by atoms with E-state index < -0.39 is 10.0 Å². The average Bonchev–Trinajstić information content (AvgIpc) is 2.94. The standard InChI is InChI=1S/C13H20N2O2S2.ClH/c1-9-5-13(10(2)18-9)19(16,17)15-4-3-11-6-14-7-12(11)8-15;/h5,11-12,14H,3-4,6-8H2,1-2H3;1H. The predicted octanol–water partition coefficient (Wildman–Crippen LogP) is 2.02. The summed E-state index contributed by atoms with van der Waals surface area (Å²) in [5.41, 5.74) is 0. The van der Waals surface area contributed by atoms with Crippen LogP contribution in [0.4, 0.5) is 0 Å². The second-order valence-electron chi connectivity index (χ2n) is 5.61. The quantitative estimate of drug-likeness (QED) is 0.899. The van der Waals surface area contributed by atoms with Crippen molar-refractivity contribution in [3.63, 3.8) is 0 Å². The molecule has 0 radical (unpaired) electrons. The molecular formula is C13H21ClN2O2S2. The van der Waals surface area contributed by atoms with Crippen LogP contribution in [-0.4, -0.2) is 38.9 Å². The van der Waals surface area contributed by atoms with E-state index in [0.717, 1.165) is 29.3 Å². The van der Waals surface area contributed by atoms with Gasteiger partial charge in [0.1, 0.15) is 0 Å². The topological polar surface area (TPSA) is 49.4 Å². The Balaban J connectivity index is 0.00000147. The molecule has 1 aromatic rings. The summed E-state index contributed by atoms with van der Waals surface area (Å²) in [6.45, 7) is 7.21. The van der Waals surface area contributed by atoms with Gasteiger partial charge in [0.2, 0.25) is 10.0 Å². The zero-order valence-electron chi connectivity index (χ0n) is 11.8. The highest BCUT2D eigenvalue weighted by Crippen LogP contribution is 2.33. The molecule has 2 fully saturated rings. The first-order chi connectivity index (χ1) is 8.98. The molecule has 0 bridgehead atoms. The number of thiophene rings is 1. The van der Waals surface area contributed by atoms with E-state index in [1.54, 1.807) is 15.6 Å². The van der Waals surface area contributed by atoms with Crippen LogP contribution in [0.1, 0.15) is 16.2 Å². The number of hydrogen-bond donors (Lipinski definition) is 1. The van der Waals surface area contributed by atoms with Crippen molar-refractivity contribution in [1.82, 2.24) is 9.62 Å². The summed E-state index contributed by atoms with van der Waals surface area (Å²) in [4.78, 5) is 2.48. The minimum absolute atomic E-state index is 0. The smallest absolute Gasteiger partial charge is 0.244 e. The van der Waals surface area contributed by atoms with E-state index in [-0.39, 0.29) is 12.4 Å². The fourth-order valence-corrected chi connectivity index (χ4v) is 6.26. The van der Waals surface area contributed by atoms with E-state index in [9.17, 15) is 8.42 Å². The van der Waals surface area contributed by atoms with Crippen LogP contribution in [0.3, 0.4) is 0 Å². The number of aryl methyl sites for hydroxylation is 2. The van der Waals surface area contributed by atoms with E-state index >= 15 is 0 Å². The molecule has 0 spiro atoms. The van der Waals surface area contributed by atoms with Gasteiger partial charge in [0, 0.05) is 22.8 Å². The molecule has 2 aliphatic rings. The summed E-state index contributed by atoms with van der Waals surface area (Å²) in [6.07, 6.45) is 0.985. The van der Waals surface area contributed by atoms with Crippen LogP contribution in [0, 0.1) is 25.7 Å². The molecule has 3 heterocycles. The number of rotatable bonds is 2. The van der Waals surface area contributed by atoms with Crippen LogP contribution in [-0.2, 0) is 10.0 Å². The number of nitrogens with zero attached hydrogens (tertiary/aromatic N) is 1. The van der Waals surface area contributed by atoms with Crippen molar-refractivity contribution >= 4 is 33.8 Å². The molecule has 0 aliphatic carbocycles. The second kappa shape index (κ2) is 5.93. The van der Waals surface area contributed by atoms with Gasteiger partial charge in [0.15, 0.2) is 0 Å². The van der Waals surface area contributed by atoms with Gasteiger partial charge in [-0.25, -0.2) is 8.42 Å². The van der Waals surface area contributed by atoms with Crippen LogP contribution in [0.15, 0.2) is 11.0 Å². The molecule has 7 heteroatoms. The maximum Gasteiger partial charge on any atom is 0.244 e. The first-order valence-corrected chi connectivity index (χ1v) is 9.02. The predicted molar refractivity (Wildman–Crippen MR) is 84.3 cm³/mol.